The number of rotatable bonds is 5. The Labute approximate surface area is 364 Å². The number of aromatic nitrogens is 2. The van der Waals surface area contributed by atoms with E-state index in [-0.39, 0.29) is 17.3 Å². The van der Waals surface area contributed by atoms with Gasteiger partial charge in [0.25, 0.3) is 0 Å². The summed E-state index contributed by atoms with van der Waals surface area (Å²) in [6.45, 7) is 16.6. The quantitative estimate of drug-likeness (QED) is 0.121. The van der Waals surface area contributed by atoms with Crippen LogP contribution in [0.15, 0.2) is 152 Å². The van der Waals surface area contributed by atoms with Gasteiger partial charge in [-0.05, 0) is 121 Å². The third-order valence-corrected chi connectivity index (χ3v) is 12.4. The van der Waals surface area contributed by atoms with Crippen molar-refractivity contribution < 1.29 is 26.3 Å². The molecule has 2 aromatic heterocycles. The highest BCUT2D eigenvalue weighted by Crippen LogP contribution is 2.48. The van der Waals surface area contributed by atoms with E-state index in [4.69, 9.17) is 6.57 Å². The van der Waals surface area contributed by atoms with Gasteiger partial charge in [0.2, 0.25) is 0 Å². The Morgan fingerprint density at radius 1 is 0.422 bits per heavy atom. The van der Waals surface area contributed by atoms with E-state index < -0.39 is 29.0 Å². The van der Waals surface area contributed by atoms with E-state index in [1.165, 1.54) is 0 Å². The molecule has 0 saturated heterocycles. The van der Waals surface area contributed by atoms with Gasteiger partial charge in [0, 0.05) is 21.5 Å². The van der Waals surface area contributed by atoms with E-state index in [1.807, 2.05) is 86.0 Å². The van der Waals surface area contributed by atoms with Gasteiger partial charge in [-0.25, -0.2) is 4.85 Å². The number of para-hydroxylation sites is 2. The largest absolute Gasteiger partial charge is 0.416 e. The van der Waals surface area contributed by atoms with Crippen LogP contribution >= 0.6 is 0 Å². The van der Waals surface area contributed by atoms with E-state index in [1.54, 1.807) is 12.1 Å². The Morgan fingerprint density at radius 2 is 0.891 bits per heavy atom. The number of hydrogen-bond donors (Lipinski definition) is 0. The molecule has 3 nitrogen and oxygen atoms in total. The predicted octanol–water partition coefficient (Wildman–Crippen LogP) is 16.7. The zero-order chi connectivity index (χ0) is 44.8. The maximum atomic E-state index is 15.0. The molecule has 2 heterocycles. The van der Waals surface area contributed by atoms with Crippen LogP contribution in [0.3, 0.4) is 0 Å². The minimum absolute atomic E-state index is 0.134. The first-order chi connectivity index (χ1) is 30.6. The van der Waals surface area contributed by atoms with Crippen LogP contribution in [0.1, 0.15) is 33.4 Å². The van der Waals surface area contributed by atoms with E-state index in [0.29, 0.717) is 17.4 Å². The van der Waals surface area contributed by atoms with Gasteiger partial charge in [-0.2, -0.15) is 26.3 Å². The van der Waals surface area contributed by atoms with Crippen LogP contribution < -0.4 is 0 Å². The summed E-state index contributed by atoms with van der Waals surface area (Å²) in [5, 5.41) is 3.61. The summed E-state index contributed by atoms with van der Waals surface area (Å²) >= 11 is 0. The van der Waals surface area contributed by atoms with Crippen LogP contribution in [-0.2, 0) is 12.4 Å². The molecule has 0 amide bonds. The van der Waals surface area contributed by atoms with Gasteiger partial charge in [-0.1, -0.05) is 114 Å². The molecule has 8 aromatic carbocycles. The summed E-state index contributed by atoms with van der Waals surface area (Å²) < 4.78 is 91.1. The van der Waals surface area contributed by atoms with Gasteiger partial charge in [0.1, 0.15) is 0 Å². The van der Waals surface area contributed by atoms with Crippen molar-refractivity contribution in [2.45, 2.75) is 40.0 Å². The summed E-state index contributed by atoms with van der Waals surface area (Å²) in [4.78, 5) is 3.81. The first-order valence-corrected chi connectivity index (χ1v) is 20.7. The fourth-order valence-corrected chi connectivity index (χ4v) is 9.49. The summed E-state index contributed by atoms with van der Waals surface area (Å²) in [6.07, 6.45) is -10.2. The molecule has 10 rings (SSSR count). The van der Waals surface area contributed by atoms with Crippen LogP contribution in [-0.4, -0.2) is 9.13 Å². The molecule has 0 spiro atoms. The highest BCUT2D eigenvalue weighted by molar-refractivity contribution is 6.13. The summed E-state index contributed by atoms with van der Waals surface area (Å²) in [5.41, 5.74) is 8.57. The maximum Gasteiger partial charge on any atom is 0.416 e. The zero-order valence-electron chi connectivity index (χ0n) is 35.0. The number of fused-ring (bicyclic) bond motifs is 6. The van der Waals surface area contributed by atoms with Gasteiger partial charge in [-0.15, -0.1) is 0 Å². The SMILES string of the molecule is [C-]#[N+]c1cc(-n2c3ccccc3c3ccc(-c4ccc(C)cc4C)cc32)c(-n2c3ccccc3c3ccc(-c4ccc(C)cc4C)cc32)cc1-c1ccc(C(F)(F)F)cc1C(F)(F)F. The number of nitrogens with zero attached hydrogens (tertiary/aromatic N) is 3. The van der Waals surface area contributed by atoms with Crippen LogP contribution in [0.4, 0.5) is 32.0 Å². The molecular formula is C55H37F6N3. The fraction of sp³-hybridized carbons (Fsp3) is 0.109. The second-order valence-electron chi connectivity index (χ2n) is 16.5. The topological polar surface area (TPSA) is 14.2 Å². The Bertz CT molecular complexity index is 3600. The number of benzene rings is 8. The smallest absolute Gasteiger partial charge is 0.308 e. The number of hydrogen-bond acceptors (Lipinski definition) is 0. The molecule has 0 N–H and O–H groups in total. The van der Waals surface area contributed by atoms with Crippen LogP contribution in [0.5, 0.6) is 0 Å². The van der Waals surface area contributed by atoms with Crippen molar-refractivity contribution >= 4 is 49.3 Å². The summed E-state index contributed by atoms with van der Waals surface area (Å²) in [7, 11) is 0. The van der Waals surface area contributed by atoms with Crippen molar-refractivity contribution in [3.63, 3.8) is 0 Å². The Balaban J connectivity index is 1.37. The van der Waals surface area contributed by atoms with Crippen molar-refractivity contribution in [2.24, 2.45) is 0 Å². The van der Waals surface area contributed by atoms with Crippen molar-refractivity contribution in [1.29, 1.82) is 0 Å². The first kappa shape index (κ1) is 40.5. The molecule has 9 heteroatoms. The molecule has 0 atom stereocenters. The van der Waals surface area contributed by atoms with Gasteiger partial charge in [-0.3, -0.25) is 0 Å². The van der Waals surface area contributed by atoms with Crippen molar-refractivity contribution in [3.8, 4) is 44.8 Å². The molecule has 0 fully saturated rings. The number of alkyl halides is 6. The van der Waals surface area contributed by atoms with E-state index in [9.17, 15) is 13.2 Å². The second kappa shape index (κ2) is 14.8. The lowest BCUT2D eigenvalue weighted by molar-refractivity contribution is -0.142. The molecular weight excluding hydrogens is 817 g/mol. The molecule has 0 radical (unpaired) electrons. The predicted molar refractivity (Wildman–Crippen MR) is 247 cm³/mol. The average Bonchev–Trinajstić information content (AvgIpc) is 3.77. The lowest BCUT2D eigenvalue weighted by Gasteiger charge is -2.22. The maximum absolute atomic E-state index is 15.0. The second-order valence-corrected chi connectivity index (χ2v) is 16.5. The number of halogens is 6. The van der Waals surface area contributed by atoms with Crippen LogP contribution in [0.25, 0.3) is 93.2 Å². The van der Waals surface area contributed by atoms with Gasteiger partial charge >= 0.3 is 12.4 Å². The third-order valence-electron chi connectivity index (χ3n) is 12.4. The lowest BCUT2D eigenvalue weighted by Crippen LogP contribution is -2.12. The van der Waals surface area contributed by atoms with Crippen molar-refractivity contribution in [2.75, 3.05) is 0 Å². The molecule has 0 aliphatic heterocycles. The molecule has 0 aliphatic rings. The van der Waals surface area contributed by atoms with Crippen molar-refractivity contribution in [1.82, 2.24) is 9.13 Å². The normalized spacial score (nSPS) is 12.2. The Morgan fingerprint density at radius 3 is 1.36 bits per heavy atom. The molecule has 0 unspecified atom stereocenters. The highest BCUT2D eigenvalue weighted by atomic mass is 19.4. The third kappa shape index (κ3) is 6.60. The van der Waals surface area contributed by atoms with Gasteiger partial charge in [0.05, 0.1) is 51.1 Å². The molecule has 0 bridgehead atoms. The van der Waals surface area contributed by atoms with Gasteiger partial charge in [0.15, 0.2) is 5.69 Å². The zero-order valence-corrected chi connectivity index (χ0v) is 35.0. The minimum atomic E-state index is -5.18. The Kier molecular flexibility index (Phi) is 9.35. The fourth-order valence-electron chi connectivity index (χ4n) is 9.49. The molecule has 314 valence electrons. The van der Waals surface area contributed by atoms with E-state index >= 15 is 13.2 Å². The standard InChI is InChI=1S/C55H37F6N3/c1-31-14-19-38(33(3)24-31)35-16-21-43-41-10-6-8-12-48(41)63(50(43)26-35)52-29-45(40-23-18-37(54(56,57)58)28-46(40)55(59,60)61)47(62-5)30-53(52)64-49-13-9-7-11-42(49)44-22-17-36(27-51(44)64)39-20-15-32(2)25-34(39)4/h6-30H,1-4H3. The minimum Gasteiger partial charge on any atom is -0.308 e. The summed E-state index contributed by atoms with van der Waals surface area (Å²) in [5.74, 6) is 0. The Hall–Kier alpha value is -7.57. The summed E-state index contributed by atoms with van der Waals surface area (Å²) in [6, 6.07) is 45.3. The number of aryl methyl sites for hydroxylation is 4. The molecule has 10 aromatic rings. The van der Waals surface area contributed by atoms with Gasteiger partial charge < -0.3 is 9.13 Å². The van der Waals surface area contributed by atoms with Crippen LogP contribution in [0, 0.1) is 34.3 Å². The van der Waals surface area contributed by atoms with E-state index in [0.717, 1.165) is 94.2 Å². The van der Waals surface area contributed by atoms with E-state index in [2.05, 4.69) is 77.0 Å². The average molecular weight is 854 g/mol. The van der Waals surface area contributed by atoms with Crippen molar-refractivity contribution in [3.05, 3.63) is 196 Å². The monoisotopic (exact) mass is 853 g/mol. The molecule has 0 aliphatic carbocycles. The lowest BCUT2D eigenvalue weighted by atomic mass is 9.94. The molecule has 64 heavy (non-hydrogen) atoms. The first-order valence-electron chi connectivity index (χ1n) is 20.7. The highest BCUT2D eigenvalue weighted by Gasteiger charge is 2.39. The molecule has 0 saturated carbocycles. The van der Waals surface area contributed by atoms with Crippen LogP contribution in [0.2, 0.25) is 0 Å².